The summed E-state index contributed by atoms with van der Waals surface area (Å²) in [5.41, 5.74) is 8.59. The molecule has 0 radical (unpaired) electrons. The fourth-order valence-electron chi connectivity index (χ4n) is 7.85. The number of hydrogen-bond donors (Lipinski definition) is 0. The second-order valence-corrected chi connectivity index (χ2v) is 12.7. The molecule has 47 heavy (non-hydrogen) atoms. The zero-order valence-electron chi connectivity index (χ0n) is 33.8. The van der Waals surface area contributed by atoms with Crippen LogP contribution in [0.5, 0.6) is 0 Å². The van der Waals surface area contributed by atoms with Gasteiger partial charge < -0.3 is 4.42 Å². The molecule has 11 rings (SSSR count). The first-order valence-corrected chi connectivity index (χ1v) is 15.8. The average Bonchev–Trinajstić information content (AvgIpc) is 3.53. The summed E-state index contributed by atoms with van der Waals surface area (Å²) in [5.74, 6) is -2.64. The van der Waals surface area contributed by atoms with Crippen LogP contribution in [0, 0.1) is 20.6 Å². The number of pyridine rings is 2. The van der Waals surface area contributed by atoms with Gasteiger partial charge in [-0.25, -0.2) is 9.55 Å². The molecule has 0 saturated heterocycles. The second kappa shape index (κ2) is 9.49. The normalized spacial score (nSPS) is 22.3. The van der Waals surface area contributed by atoms with Crippen molar-refractivity contribution >= 4 is 32.8 Å². The van der Waals surface area contributed by atoms with E-state index in [4.69, 9.17) is 12.6 Å². The van der Waals surface area contributed by atoms with Gasteiger partial charge in [-0.1, -0.05) is 72.8 Å². The molecule has 3 heteroatoms. The summed E-state index contributed by atoms with van der Waals surface area (Å²) < 4.78 is 78.4. The molecule has 3 nitrogen and oxygen atoms in total. The second-order valence-electron chi connectivity index (χ2n) is 12.7. The van der Waals surface area contributed by atoms with E-state index in [9.17, 15) is 2.74 Å². The van der Waals surface area contributed by atoms with Gasteiger partial charge >= 0.3 is 0 Å². The molecule has 2 unspecified atom stereocenters. The summed E-state index contributed by atoms with van der Waals surface area (Å²) in [4.78, 5) is 4.36. The first-order valence-electron chi connectivity index (χ1n) is 19.8. The lowest BCUT2D eigenvalue weighted by Crippen LogP contribution is -2.31. The number of nitrogens with zero attached hydrogens (tertiary/aromatic N) is 2. The van der Waals surface area contributed by atoms with Crippen molar-refractivity contribution in [1.29, 1.82) is 0 Å². The van der Waals surface area contributed by atoms with Crippen molar-refractivity contribution in [3.05, 3.63) is 166 Å². The minimum absolute atomic E-state index is 0.0617. The van der Waals surface area contributed by atoms with Crippen molar-refractivity contribution in [3.8, 4) is 22.4 Å². The van der Waals surface area contributed by atoms with Crippen LogP contribution in [0.2, 0.25) is 0 Å². The standard InChI is InChI=1S/C44H33N2O/c1-24-13-16-33-34-17-14-26(3)45-44(34)47-43(33)40(24)39-22-35(25(2)23-46(39)4)29-15-18-32-36(21-29)42-31-12-8-7-11-30(31)41(32)37-19-27-9-5-6-10-28(27)20-38(37)42/h5-23,41-42H,1-4H3/q+1/i2D3,3D3,41D,42D. The molecule has 3 aromatic heterocycles. The number of aromatic nitrogens is 2. The number of hydrogen-bond acceptors (Lipinski definition) is 2. The molecule has 0 saturated carbocycles. The molecule has 0 aliphatic heterocycles. The largest absolute Gasteiger partial charge is 0.437 e. The van der Waals surface area contributed by atoms with Crippen molar-refractivity contribution in [2.24, 2.45) is 7.05 Å². The van der Waals surface area contributed by atoms with Gasteiger partial charge in [-0.2, -0.15) is 0 Å². The van der Waals surface area contributed by atoms with Gasteiger partial charge in [0.05, 0.1) is 5.56 Å². The lowest BCUT2D eigenvalue weighted by atomic mass is 9.60. The Hall–Kier alpha value is -5.54. The number of furan rings is 1. The highest BCUT2D eigenvalue weighted by atomic mass is 16.3. The summed E-state index contributed by atoms with van der Waals surface area (Å²) in [6.07, 6.45) is 1.63. The first-order chi connectivity index (χ1) is 26.1. The fraction of sp³-hybridized carbons (Fsp3) is 0.136. The van der Waals surface area contributed by atoms with Gasteiger partial charge in [-0.3, -0.25) is 0 Å². The number of benzene rings is 5. The van der Waals surface area contributed by atoms with Crippen LogP contribution in [0.25, 0.3) is 55.2 Å². The zero-order chi connectivity index (χ0) is 38.4. The minimum Gasteiger partial charge on any atom is -0.437 e. The van der Waals surface area contributed by atoms with Crippen molar-refractivity contribution < 1.29 is 20.0 Å². The van der Waals surface area contributed by atoms with Gasteiger partial charge in [-0.15, -0.1) is 0 Å². The lowest BCUT2D eigenvalue weighted by Gasteiger charge is -2.42. The van der Waals surface area contributed by atoms with E-state index in [1.54, 1.807) is 23.9 Å². The highest BCUT2D eigenvalue weighted by molar-refractivity contribution is 6.09. The third-order valence-corrected chi connectivity index (χ3v) is 10.0. The Bertz CT molecular complexity index is 2980. The van der Waals surface area contributed by atoms with Crippen LogP contribution in [0.1, 0.15) is 73.0 Å². The molecule has 3 heterocycles. The van der Waals surface area contributed by atoms with Gasteiger partial charge in [-0.05, 0) is 112 Å². The Morgan fingerprint density at radius 3 is 2.11 bits per heavy atom. The predicted molar refractivity (Wildman–Crippen MR) is 190 cm³/mol. The summed E-state index contributed by atoms with van der Waals surface area (Å²) in [6, 6.07) is 34.6. The van der Waals surface area contributed by atoms with E-state index in [1.165, 1.54) is 6.07 Å². The number of aryl methyl sites for hydroxylation is 4. The van der Waals surface area contributed by atoms with Gasteiger partial charge in [0.1, 0.15) is 7.05 Å². The molecule has 0 fully saturated rings. The van der Waals surface area contributed by atoms with Crippen LogP contribution < -0.4 is 4.57 Å². The monoisotopic (exact) mass is 613 g/mol. The third kappa shape index (κ3) is 3.68. The maximum Gasteiger partial charge on any atom is 0.227 e. The molecule has 8 aromatic rings. The molecule has 224 valence electrons. The average molecular weight is 614 g/mol. The smallest absolute Gasteiger partial charge is 0.227 e. The van der Waals surface area contributed by atoms with E-state index < -0.39 is 25.5 Å². The predicted octanol–water partition coefficient (Wildman–Crippen LogP) is 10.2. The molecular formula is C44H33N2O+. The maximum absolute atomic E-state index is 10.4. The highest BCUT2D eigenvalue weighted by Crippen LogP contribution is 2.57. The fourth-order valence-corrected chi connectivity index (χ4v) is 7.85. The van der Waals surface area contributed by atoms with Crippen LogP contribution in [0.4, 0.5) is 0 Å². The summed E-state index contributed by atoms with van der Waals surface area (Å²) in [7, 11) is 1.80. The molecular weight excluding hydrogens is 572 g/mol. The van der Waals surface area contributed by atoms with Crippen LogP contribution in [0.15, 0.2) is 120 Å². The highest BCUT2D eigenvalue weighted by Gasteiger charge is 2.41. The van der Waals surface area contributed by atoms with Gasteiger partial charge in [0.25, 0.3) is 0 Å². The quantitative estimate of drug-likeness (QED) is 0.182. The van der Waals surface area contributed by atoms with Gasteiger partial charge in [0, 0.05) is 50.9 Å². The van der Waals surface area contributed by atoms with Crippen molar-refractivity contribution in [2.75, 3.05) is 0 Å². The van der Waals surface area contributed by atoms with E-state index in [-0.39, 0.29) is 17.0 Å². The number of fused-ring (bicyclic) bond motifs is 4. The Morgan fingerprint density at radius 1 is 0.681 bits per heavy atom. The molecule has 0 spiro atoms. The van der Waals surface area contributed by atoms with Crippen LogP contribution in [-0.4, -0.2) is 4.98 Å². The van der Waals surface area contributed by atoms with Crippen molar-refractivity contribution in [2.45, 2.75) is 32.4 Å². The van der Waals surface area contributed by atoms with E-state index in [1.807, 2.05) is 97.9 Å². The van der Waals surface area contributed by atoms with E-state index in [0.29, 0.717) is 38.9 Å². The van der Waals surface area contributed by atoms with E-state index >= 15 is 0 Å². The van der Waals surface area contributed by atoms with E-state index in [0.717, 1.165) is 49.5 Å². The van der Waals surface area contributed by atoms with Crippen LogP contribution in [0.3, 0.4) is 0 Å². The summed E-state index contributed by atoms with van der Waals surface area (Å²) in [6.45, 7) is -2.93. The molecule has 2 atom stereocenters. The first kappa shape index (κ1) is 19.9. The van der Waals surface area contributed by atoms with Gasteiger partial charge in [0.15, 0.2) is 11.8 Å². The molecule has 0 amide bonds. The molecule has 3 aliphatic carbocycles. The summed E-state index contributed by atoms with van der Waals surface area (Å²) >= 11 is 0. The topological polar surface area (TPSA) is 29.9 Å². The Labute approximate surface area is 285 Å². The minimum atomic E-state index is -2.48. The Kier molecular flexibility index (Phi) is 4.01. The van der Waals surface area contributed by atoms with Crippen molar-refractivity contribution in [3.63, 3.8) is 0 Å². The number of rotatable bonds is 2. The van der Waals surface area contributed by atoms with Gasteiger partial charge in [0.2, 0.25) is 11.4 Å². The SMILES string of the molecule is [2H]C([2H])([2H])c1ccc2c(n1)oc1c(-c3cc(-c4ccc5c(c4)C4([2H])c6ccccc6C5([2H])c5cc6ccccc6cc54)c(C([2H])([2H])[2H])c[n+]3C)c(C)ccc12. The lowest BCUT2D eigenvalue weighted by molar-refractivity contribution is -0.660. The van der Waals surface area contributed by atoms with Crippen molar-refractivity contribution in [1.82, 2.24) is 4.98 Å². The maximum atomic E-state index is 10.4. The summed E-state index contributed by atoms with van der Waals surface area (Å²) in [5, 5.41) is 3.43. The zero-order valence-corrected chi connectivity index (χ0v) is 25.8. The molecule has 3 aliphatic rings. The van der Waals surface area contributed by atoms with Crippen LogP contribution in [-0.2, 0) is 7.05 Å². The third-order valence-electron chi connectivity index (χ3n) is 10.0. The van der Waals surface area contributed by atoms with E-state index in [2.05, 4.69) is 11.1 Å². The van der Waals surface area contributed by atoms with Crippen LogP contribution >= 0.6 is 0 Å². The Morgan fingerprint density at radius 2 is 1.36 bits per heavy atom. The molecule has 2 bridgehead atoms. The Balaban J connectivity index is 1.22. The molecule has 0 N–H and O–H groups in total. The molecule has 5 aromatic carbocycles.